The number of hydrogen-bond donors (Lipinski definition) is 0. The number of amides is 1. The SMILES string of the molecule is CCOC(=O)C1CCN(C(=O)COC(=O)c2ccc(OC)c(S(=O)(=O)N3CCCCCC3)c2)CC1. The van der Waals surface area contributed by atoms with E-state index in [9.17, 15) is 22.8 Å². The van der Waals surface area contributed by atoms with Crippen molar-refractivity contribution >= 4 is 27.9 Å². The minimum atomic E-state index is -3.86. The topological polar surface area (TPSA) is 120 Å². The number of sulfonamides is 1. The lowest BCUT2D eigenvalue weighted by Crippen LogP contribution is -2.42. The first-order chi connectivity index (χ1) is 16.8. The molecule has 0 aromatic heterocycles. The number of esters is 2. The molecule has 0 aliphatic carbocycles. The maximum atomic E-state index is 13.3. The molecule has 1 amide bonds. The summed E-state index contributed by atoms with van der Waals surface area (Å²) in [6.45, 7) is 3.19. The molecule has 0 unspecified atom stereocenters. The van der Waals surface area contributed by atoms with E-state index in [0.29, 0.717) is 45.6 Å². The van der Waals surface area contributed by atoms with E-state index in [4.69, 9.17) is 14.2 Å². The van der Waals surface area contributed by atoms with Crippen molar-refractivity contribution in [2.45, 2.75) is 50.3 Å². The summed E-state index contributed by atoms with van der Waals surface area (Å²) in [7, 11) is -2.49. The van der Waals surface area contributed by atoms with Gasteiger partial charge in [-0.3, -0.25) is 9.59 Å². The van der Waals surface area contributed by atoms with Crippen LogP contribution in [0.25, 0.3) is 0 Å². The van der Waals surface area contributed by atoms with Crippen molar-refractivity contribution in [1.82, 2.24) is 9.21 Å². The molecule has 10 nitrogen and oxygen atoms in total. The number of methoxy groups -OCH3 is 1. The summed E-state index contributed by atoms with van der Waals surface area (Å²) in [4.78, 5) is 38.5. The number of likely N-dealkylation sites (tertiary alicyclic amines) is 1. The average molecular weight is 511 g/mol. The molecule has 2 fully saturated rings. The average Bonchev–Trinajstić information content (AvgIpc) is 3.17. The van der Waals surface area contributed by atoms with Gasteiger partial charge in [-0.15, -0.1) is 0 Å². The third kappa shape index (κ3) is 6.72. The largest absolute Gasteiger partial charge is 0.495 e. The molecule has 11 heteroatoms. The highest BCUT2D eigenvalue weighted by Crippen LogP contribution is 2.29. The number of benzene rings is 1. The summed E-state index contributed by atoms with van der Waals surface area (Å²) in [5, 5.41) is 0. The van der Waals surface area contributed by atoms with Crippen LogP contribution in [-0.2, 0) is 29.1 Å². The van der Waals surface area contributed by atoms with Gasteiger partial charge in [-0.05, 0) is 50.8 Å². The minimum Gasteiger partial charge on any atom is -0.495 e. The van der Waals surface area contributed by atoms with Crippen molar-refractivity contribution in [1.29, 1.82) is 0 Å². The Hall–Kier alpha value is -2.66. The van der Waals surface area contributed by atoms with Crippen molar-refractivity contribution < 1.29 is 37.0 Å². The van der Waals surface area contributed by atoms with Gasteiger partial charge in [0.1, 0.15) is 10.6 Å². The summed E-state index contributed by atoms with van der Waals surface area (Å²) >= 11 is 0. The summed E-state index contributed by atoms with van der Waals surface area (Å²) in [5.41, 5.74) is 0.0213. The van der Waals surface area contributed by atoms with E-state index in [-0.39, 0.29) is 34.0 Å². The molecule has 0 radical (unpaired) electrons. The molecule has 194 valence electrons. The fourth-order valence-corrected chi connectivity index (χ4v) is 6.05. The van der Waals surface area contributed by atoms with Crippen LogP contribution in [0.5, 0.6) is 5.75 Å². The molecule has 2 heterocycles. The normalized spacial score (nSPS) is 17.9. The molecule has 0 saturated carbocycles. The molecule has 0 N–H and O–H groups in total. The lowest BCUT2D eigenvalue weighted by Gasteiger charge is -2.30. The van der Waals surface area contributed by atoms with Crippen LogP contribution < -0.4 is 4.74 Å². The second-order valence-corrected chi connectivity index (χ2v) is 10.6. The molecule has 0 atom stereocenters. The molecule has 1 aromatic carbocycles. The third-order valence-corrected chi connectivity index (χ3v) is 8.30. The molecule has 0 bridgehead atoms. The van der Waals surface area contributed by atoms with Gasteiger partial charge in [-0.2, -0.15) is 4.31 Å². The maximum absolute atomic E-state index is 13.3. The van der Waals surface area contributed by atoms with Crippen LogP contribution in [-0.4, -0.2) is 82.0 Å². The van der Waals surface area contributed by atoms with Crippen LogP contribution in [0.2, 0.25) is 0 Å². The zero-order valence-corrected chi connectivity index (χ0v) is 21.2. The van der Waals surface area contributed by atoms with E-state index < -0.39 is 22.6 Å². The quantitative estimate of drug-likeness (QED) is 0.489. The lowest BCUT2D eigenvalue weighted by molar-refractivity contribution is -0.151. The fourth-order valence-electron chi connectivity index (χ4n) is 4.35. The highest BCUT2D eigenvalue weighted by molar-refractivity contribution is 7.89. The minimum absolute atomic E-state index is 0.0213. The maximum Gasteiger partial charge on any atom is 0.338 e. The summed E-state index contributed by atoms with van der Waals surface area (Å²) in [6.07, 6.45) is 4.50. The van der Waals surface area contributed by atoms with Crippen LogP contribution in [0, 0.1) is 5.92 Å². The van der Waals surface area contributed by atoms with Gasteiger partial charge in [0.15, 0.2) is 6.61 Å². The number of carbonyl (C=O) groups is 3. The van der Waals surface area contributed by atoms with Crippen molar-refractivity contribution in [3.05, 3.63) is 23.8 Å². The summed E-state index contributed by atoms with van der Waals surface area (Å²) < 4.78 is 43.5. The number of hydrogen-bond acceptors (Lipinski definition) is 8. The number of nitrogens with zero attached hydrogens (tertiary/aromatic N) is 2. The number of carbonyl (C=O) groups excluding carboxylic acids is 3. The highest BCUT2D eigenvalue weighted by atomic mass is 32.2. The Balaban J connectivity index is 1.63. The predicted octanol–water partition coefficient (Wildman–Crippen LogP) is 2.22. The molecule has 2 aliphatic heterocycles. The first-order valence-corrected chi connectivity index (χ1v) is 13.5. The number of rotatable bonds is 8. The first kappa shape index (κ1) is 26.9. The Kier molecular flexibility index (Phi) is 9.50. The predicted molar refractivity (Wildman–Crippen MR) is 126 cm³/mol. The zero-order valence-electron chi connectivity index (χ0n) is 20.4. The van der Waals surface area contributed by atoms with E-state index in [1.807, 2.05) is 0 Å². The Bertz CT molecular complexity index is 1010. The van der Waals surface area contributed by atoms with Crippen LogP contribution in [0.1, 0.15) is 55.8 Å². The molecule has 2 aliphatic rings. The van der Waals surface area contributed by atoms with Gasteiger partial charge in [0.25, 0.3) is 5.91 Å². The van der Waals surface area contributed by atoms with E-state index in [2.05, 4.69) is 0 Å². The van der Waals surface area contributed by atoms with Gasteiger partial charge in [-0.25, -0.2) is 13.2 Å². The van der Waals surface area contributed by atoms with Crippen LogP contribution in [0.3, 0.4) is 0 Å². The van der Waals surface area contributed by atoms with Crippen molar-refractivity contribution in [2.75, 3.05) is 46.5 Å². The van der Waals surface area contributed by atoms with E-state index in [0.717, 1.165) is 25.7 Å². The molecule has 2 saturated heterocycles. The second kappa shape index (κ2) is 12.3. The van der Waals surface area contributed by atoms with Gasteiger partial charge in [0.2, 0.25) is 10.0 Å². The molecule has 0 spiro atoms. The van der Waals surface area contributed by atoms with Crippen molar-refractivity contribution in [2.24, 2.45) is 5.92 Å². The molecular formula is C24H34N2O8S. The Morgan fingerprint density at radius 2 is 1.63 bits per heavy atom. The van der Waals surface area contributed by atoms with E-state index in [1.54, 1.807) is 11.8 Å². The van der Waals surface area contributed by atoms with Gasteiger partial charge < -0.3 is 19.1 Å². The Morgan fingerprint density at radius 1 is 0.971 bits per heavy atom. The monoisotopic (exact) mass is 510 g/mol. The third-order valence-electron chi connectivity index (χ3n) is 6.38. The molecule has 3 rings (SSSR count). The van der Waals surface area contributed by atoms with Crippen molar-refractivity contribution in [3.8, 4) is 5.75 Å². The second-order valence-electron chi connectivity index (χ2n) is 8.67. The smallest absolute Gasteiger partial charge is 0.338 e. The van der Waals surface area contributed by atoms with E-state index in [1.165, 1.54) is 29.6 Å². The van der Waals surface area contributed by atoms with Gasteiger partial charge in [-0.1, -0.05) is 12.8 Å². The fraction of sp³-hybridized carbons (Fsp3) is 0.625. The van der Waals surface area contributed by atoms with Gasteiger partial charge in [0, 0.05) is 26.2 Å². The molecule has 35 heavy (non-hydrogen) atoms. The number of ether oxygens (including phenoxy) is 3. The molecule has 1 aromatic rings. The Morgan fingerprint density at radius 3 is 2.23 bits per heavy atom. The highest BCUT2D eigenvalue weighted by Gasteiger charge is 2.31. The summed E-state index contributed by atoms with van der Waals surface area (Å²) in [6, 6.07) is 4.08. The van der Waals surface area contributed by atoms with Crippen LogP contribution >= 0.6 is 0 Å². The van der Waals surface area contributed by atoms with Crippen LogP contribution in [0.4, 0.5) is 0 Å². The van der Waals surface area contributed by atoms with Gasteiger partial charge in [0.05, 0.1) is 25.2 Å². The molecular weight excluding hydrogens is 476 g/mol. The van der Waals surface area contributed by atoms with E-state index >= 15 is 0 Å². The van der Waals surface area contributed by atoms with Gasteiger partial charge >= 0.3 is 11.9 Å². The van der Waals surface area contributed by atoms with Crippen molar-refractivity contribution in [3.63, 3.8) is 0 Å². The standard InChI is InChI=1S/C24H34N2O8S/c1-3-33-23(28)18-10-14-25(15-11-18)22(27)17-34-24(29)19-8-9-20(32-2)21(16-19)35(30,31)26-12-6-4-5-7-13-26/h8-9,16,18H,3-7,10-15,17H2,1-2H3. The summed E-state index contributed by atoms with van der Waals surface area (Å²) in [5.74, 6) is -1.51. The number of piperidine rings is 1. The Labute approximate surface area is 206 Å². The zero-order chi connectivity index (χ0) is 25.4. The first-order valence-electron chi connectivity index (χ1n) is 12.1. The van der Waals surface area contributed by atoms with Crippen LogP contribution in [0.15, 0.2) is 23.1 Å². The lowest BCUT2D eigenvalue weighted by atomic mass is 9.97.